The van der Waals surface area contributed by atoms with E-state index in [4.69, 9.17) is 5.84 Å². The largest absolute Gasteiger partial charge is 0.305 e. The Kier molecular flexibility index (Phi) is 3.00. The van der Waals surface area contributed by atoms with E-state index in [2.05, 4.69) is 20.3 Å². The van der Waals surface area contributed by atoms with Gasteiger partial charge in [-0.2, -0.15) is 0 Å². The van der Waals surface area contributed by atoms with Gasteiger partial charge in [0.05, 0.1) is 23.5 Å². The summed E-state index contributed by atoms with van der Waals surface area (Å²) in [5.74, 6) is 4.77. The van der Waals surface area contributed by atoms with Gasteiger partial charge in [0.25, 0.3) is 0 Å². The van der Waals surface area contributed by atoms with Crippen LogP contribution in [-0.2, 0) is 11.2 Å². The van der Waals surface area contributed by atoms with Crippen molar-refractivity contribution < 1.29 is 4.79 Å². The van der Waals surface area contributed by atoms with Crippen molar-refractivity contribution in [3.8, 4) is 0 Å². The number of hydrogen-bond acceptors (Lipinski definition) is 4. The van der Waals surface area contributed by atoms with Crippen molar-refractivity contribution in [3.63, 3.8) is 0 Å². The van der Waals surface area contributed by atoms with Gasteiger partial charge in [0.15, 0.2) is 0 Å². The molecule has 2 rings (SSSR count). The molecule has 0 spiro atoms. The molecule has 0 fully saturated rings. The summed E-state index contributed by atoms with van der Waals surface area (Å²) in [7, 11) is 0. The van der Waals surface area contributed by atoms with Gasteiger partial charge in [0, 0.05) is 0 Å². The molecule has 1 heterocycles. The molecule has 0 saturated carbocycles. The lowest BCUT2D eigenvalue weighted by molar-refractivity contribution is -0.109. The van der Waals surface area contributed by atoms with Crippen molar-refractivity contribution >= 4 is 18.3 Å². The monoisotopic (exact) mass is 217 g/mol. The first-order chi connectivity index (χ1) is 7.85. The molecule has 0 radical (unpaired) electrons. The smallest absolute Gasteiger partial charge is 0.140 e. The third-order valence-corrected chi connectivity index (χ3v) is 2.55. The van der Waals surface area contributed by atoms with Gasteiger partial charge in [0.2, 0.25) is 0 Å². The van der Waals surface area contributed by atoms with Crippen molar-refractivity contribution in [2.75, 3.05) is 0 Å². The van der Waals surface area contributed by atoms with Crippen LogP contribution in [0, 0.1) is 0 Å². The van der Waals surface area contributed by atoms with Crippen LogP contribution in [-0.4, -0.2) is 17.6 Å². The second kappa shape index (κ2) is 4.61. The number of nitrogens with zero attached hydrogens (tertiary/aromatic N) is 4. The zero-order valence-corrected chi connectivity index (χ0v) is 8.58. The van der Waals surface area contributed by atoms with Gasteiger partial charge < -0.3 is 10.6 Å². The van der Waals surface area contributed by atoms with Crippen molar-refractivity contribution in [1.29, 1.82) is 0 Å². The zero-order valence-electron chi connectivity index (χ0n) is 8.58. The van der Waals surface area contributed by atoms with Gasteiger partial charge >= 0.3 is 0 Å². The molecule has 16 heavy (non-hydrogen) atoms. The predicted molar refractivity (Wildman–Crippen MR) is 58.6 cm³/mol. The topological polar surface area (TPSA) is 93.1 Å². The van der Waals surface area contributed by atoms with Gasteiger partial charge in [-0.1, -0.05) is 5.22 Å². The van der Waals surface area contributed by atoms with Crippen LogP contribution < -0.4 is 5.84 Å². The first kappa shape index (κ1) is 10.4. The summed E-state index contributed by atoms with van der Waals surface area (Å²) in [4.78, 5) is 19.0. The van der Waals surface area contributed by atoms with Crippen LogP contribution in [0.1, 0.15) is 23.6 Å². The number of fused-ring (bicyclic) bond motifs is 1. The standard InChI is InChI=1S/C10H11N5O/c11-15-14-6-13-9-3-7-1-2-8(5-16)10(7)12-4-9/h3-6,8H,1-2H2,(H2,11,13,14). The van der Waals surface area contributed by atoms with Gasteiger partial charge in [-0.15, -0.1) is 5.11 Å². The van der Waals surface area contributed by atoms with Crippen LogP contribution in [0.2, 0.25) is 0 Å². The van der Waals surface area contributed by atoms with Gasteiger partial charge in [-0.05, 0) is 24.5 Å². The minimum atomic E-state index is -0.0586. The molecule has 0 amide bonds. The highest BCUT2D eigenvalue weighted by Crippen LogP contribution is 2.31. The molecule has 82 valence electrons. The fourth-order valence-electron chi connectivity index (χ4n) is 1.82. The Labute approximate surface area is 92.3 Å². The van der Waals surface area contributed by atoms with Crippen LogP contribution in [0.15, 0.2) is 27.6 Å². The number of aromatic nitrogens is 1. The number of pyridine rings is 1. The highest BCUT2D eigenvalue weighted by molar-refractivity contribution is 5.66. The summed E-state index contributed by atoms with van der Waals surface area (Å²) < 4.78 is 0. The lowest BCUT2D eigenvalue weighted by Gasteiger charge is -2.01. The van der Waals surface area contributed by atoms with E-state index in [-0.39, 0.29) is 5.92 Å². The fourth-order valence-corrected chi connectivity index (χ4v) is 1.82. The Bertz CT molecular complexity index is 455. The van der Waals surface area contributed by atoms with E-state index in [9.17, 15) is 4.79 Å². The molecule has 0 saturated heterocycles. The Morgan fingerprint density at radius 2 is 2.44 bits per heavy atom. The number of rotatable bonds is 3. The number of carbonyl (C=O) groups is 1. The number of hydrogen-bond donors (Lipinski definition) is 1. The lowest BCUT2D eigenvalue weighted by Crippen LogP contribution is -1.96. The second-order valence-electron chi connectivity index (χ2n) is 3.49. The van der Waals surface area contributed by atoms with E-state index in [0.717, 1.165) is 30.4 Å². The number of aliphatic imine (C=N–C) groups is 1. The molecule has 0 bridgehead atoms. The van der Waals surface area contributed by atoms with Crippen molar-refractivity contribution in [2.45, 2.75) is 18.8 Å². The molecule has 6 heteroatoms. The molecule has 1 aliphatic rings. The third kappa shape index (κ3) is 1.95. The summed E-state index contributed by atoms with van der Waals surface area (Å²) >= 11 is 0. The molecule has 1 aliphatic carbocycles. The molecule has 1 unspecified atom stereocenters. The highest BCUT2D eigenvalue weighted by atomic mass is 16.1. The Balaban J connectivity index is 2.24. The maximum atomic E-state index is 10.8. The SMILES string of the molecule is NN=NC=Nc1cnc2c(c1)CCC2C=O. The minimum absolute atomic E-state index is 0.0586. The third-order valence-electron chi connectivity index (χ3n) is 2.55. The van der Waals surface area contributed by atoms with Crippen LogP contribution >= 0.6 is 0 Å². The number of aldehydes is 1. The van der Waals surface area contributed by atoms with Crippen molar-refractivity contribution in [1.82, 2.24) is 4.98 Å². The van der Waals surface area contributed by atoms with Crippen molar-refractivity contribution in [2.24, 2.45) is 21.2 Å². The van der Waals surface area contributed by atoms with E-state index in [0.29, 0.717) is 5.69 Å². The van der Waals surface area contributed by atoms with E-state index < -0.39 is 0 Å². The molecule has 6 nitrogen and oxygen atoms in total. The Morgan fingerprint density at radius 3 is 3.19 bits per heavy atom. The fraction of sp³-hybridized carbons (Fsp3) is 0.300. The van der Waals surface area contributed by atoms with Crippen molar-refractivity contribution in [3.05, 3.63) is 23.5 Å². The van der Waals surface area contributed by atoms with E-state index in [1.807, 2.05) is 6.07 Å². The molecule has 2 N–H and O–H groups in total. The summed E-state index contributed by atoms with van der Waals surface area (Å²) in [5, 5.41) is 6.48. The molecule has 1 aromatic heterocycles. The summed E-state index contributed by atoms with van der Waals surface area (Å²) in [6.45, 7) is 0. The Morgan fingerprint density at radius 1 is 1.56 bits per heavy atom. The van der Waals surface area contributed by atoms with Gasteiger partial charge in [-0.25, -0.2) is 4.99 Å². The molecular weight excluding hydrogens is 206 g/mol. The van der Waals surface area contributed by atoms with E-state index >= 15 is 0 Å². The average molecular weight is 217 g/mol. The first-order valence-electron chi connectivity index (χ1n) is 4.92. The number of aryl methyl sites for hydroxylation is 1. The van der Waals surface area contributed by atoms with E-state index in [1.54, 1.807) is 6.20 Å². The summed E-state index contributed by atoms with van der Waals surface area (Å²) in [6.07, 6.45) is 5.53. The van der Waals surface area contributed by atoms with Crippen LogP contribution in [0.5, 0.6) is 0 Å². The molecule has 1 aromatic rings. The van der Waals surface area contributed by atoms with E-state index in [1.165, 1.54) is 6.34 Å². The normalized spacial score (nSPS) is 19.4. The maximum absolute atomic E-state index is 10.8. The first-order valence-corrected chi connectivity index (χ1v) is 4.92. The van der Waals surface area contributed by atoms with Gasteiger partial charge in [-0.3, -0.25) is 4.98 Å². The van der Waals surface area contributed by atoms with Crippen LogP contribution in [0.3, 0.4) is 0 Å². The maximum Gasteiger partial charge on any atom is 0.140 e. The number of carbonyl (C=O) groups excluding carboxylic acids is 1. The molecule has 0 aliphatic heterocycles. The second-order valence-corrected chi connectivity index (χ2v) is 3.49. The van der Waals surface area contributed by atoms with Crippen LogP contribution in [0.4, 0.5) is 5.69 Å². The average Bonchev–Trinajstić information content (AvgIpc) is 2.71. The minimum Gasteiger partial charge on any atom is -0.305 e. The Hall–Kier alpha value is -2.11. The highest BCUT2D eigenvalue weighted by Gasteiger charge is 2.23. The number of nitrogens with two attached hydrogens (primary N) is 1. The zero-order chi connectivity index (χ0) is 11.4. The molecule has 0 aromatic carbocycles. The quantitative estimate of drug-likeness (QED) is 0.206. The van der Waals surface area contributed by atoms with Crippen LogP contribution in [0.25, 0.3) is 0 Å². The lowest BCUT2D eigenvalue weighted by atomic mass is 10.1. The summed E-state index contributed by atoms with van der Waals surface area (Å²) in [5.41, 5.74) is 2.64. The predicted octanol–water partition coefficient (Wildman–Crippen LogP) is 1.30. The summed E-state index contributed by atoms with van der Waals surface area (Å²) in [6, 6.07) is 1.91. The molecule has 1 atom stereocenters. The van der Waals surface area contributed by atoms with Gasteiger partial charge in [0.1, 0.15) is 12.6 Å². The molecular formula is C10H11N5O.